The first kappa shape index (κ1) is 28.0. The number of carbonyl (C=O) groups excluding carboxylic acids is 2. The van der Waals surface area contributed by atoms with E-state index in [1.54, 1.807) is 13.8 Å². The molecular formula is C28H39FO9. The van der Waals surface area contributed by atoms with Crippen LogP contribution < -0.4 is 0 Å². The van der Waals surface area contributed by atoms with Gasteiger partial charge in [-0.15, -0.1) is 0 Å². The molecule has 10 heteroatoms. The highest BCUT2D eigenvalue weighted by Crippen LogP contribution is 2.71. The third kappa shape index (κ3) is 3.34. The number of hydrogen-bond acceptors (Lipinski definition) is 9. The molecule has 1 saturated heterocycles. The van der Waals surface area contributed by atoms with Gasteiger partial charge in [-0.2, -0.15) is 0 Å². The number of Topliss-reactive ketones (excluding diaryl/α,β-unsaturated/α-hetero) is 1. The second-order valence-corrected chi connectivity index (χ2v) is 12.6. The lowest BCUT2D eigenvalue weighted by Crippen LogP contribution is -2.64. The summed E-state index contributed by atoms with van der Waals surface area (Å²) in [7, 11) is 0. The van der Waals surface area contributed by atoms with Gasteiger partial charge in [-0.1, -0.05) is 25.5 Å². The van der Waals surface area contributed by atoms with Crippen LogP contribution in [0.15, 0.2) is 23.3 Å². The molecule has 5 rings (SSSR count). The molecular weight excluding hydrogens is 499 g/mol. The van der Waals surface area contributed by atoms with E-state index in [0.29, 0.717) is 24.8 Å². The van der Waals surface area contributed by atoms with Crippen molar-refractivity contribution >= 4 is 11.6 Å². The summed E-state index contributed by atoms with van der Waals surface area (Å²) >= 11 is 0. The Bertz CT molecular complexity index is 1090. The largest absolute Gasteiger partial charge is 0.394 e. The lowest BCUT2D eigenvalue weighted by atomic mass is 9.45. The fraction of sp³-hybridized carbons (Fsp3) is 0.786. The Morgan fingerprint density at radius 2 is 1.79 bits per heavy atom. The second kappa shape index (κ2) is 8.99. The van der Waals surface area contributed by atoms with E-state index in [4.69, 9.17) is 4.74 Å². The summed E-state index contributed by atoms with van der Waals surface area (Å²) in [5.74, 6) is -2.46. The predicted octanol–water partition coefficient (Wildman–Crippen LogP) is 0.137. The van der Waals surface area contributed by atoms with Gasteiger partial charge in [0.25, 0.3) is 0 Å². The average Bonchev–Trinajstić information content (AvgIpc) is 3.09. The van der Waals surface area contributed by atoms with Crippen LogP contribution in [0.5, 0.6) is 0 Å². The van der Waals surface area contributed by atoms with Gasteiger partial charge in [-0.25, -0.2) is 4.39 Å². The molecule has 6 N–H and O–H groups in total. The zero-order valence-electron chi connectivity index (χ0n) is 22.0. The van der Waals surface area contributed by atoms with Crippen LogP contribution >= 0.6 is 0 Å². The Labute approximate surface area is 221 Å². The van der Waals surface area contributed by atoms with Crippen molar-refractivity contribution in [2.45, 2.75) is 94.7 Å². The third-order valence-corrected chi connectivity index (χ3v) is 11.1. The minimum Gasteiger partial charge on any atom is -0.394 e. The Hall–Kier alpha value is -1.53. The van der Waals surface area contributed by atoms with Crippen LogP contribution in [-0.2, 0) is 14.3 Å². The first-order chi connectivity index (χ1) is 17.7. The number of fused-ring (bicyclic) bond motifs is 5. The Morgan fingerprint density at radius 3 is 2.42 bits per heavy atom. The van der Waals surface area contributed by atoms with Gasteiger partial charge in [0.2, 0.25) is 0 Å². The molecule has 0 amide bonds. The molecule has 0 aromatic carbocycles. The van der Waals surface area contributed by atoms with E-state index in [1.807, 2.05) is 6.92 Å². The molecule has 1 aliphatic heterocycles. The number of aliphatic hydroxyl groups is 6. The maximum Gasteiger partial charge on any atom is 0.190 e. The number of ether oxygens (including phenoxy) is 1. The Morgan fingerprint density at radius 1 is 1.11 bits per heavy atom. The van der Waals surface area contributed by atoms with E-state index in [2.05, 4.69) is 0 Å². The monoisotopic (exact) mass is 538 g/mol. The molecule has 4 aliphatic carbocycles. The summed E-state index contributed by atoms with van der Waals surface area (Å²) in [6.45, 7) is 3.87. The lowest BCUT2D eigenvalue weighted by Gasteiger charge is -2.61. The van der Waals surface area contributed by atoms with Crippen LogP contribution in [0.25, 0.3) is 0 Å². The molecule has 0 spiro atoms. The number of aliphatic hydroxyl groups excluding tert-OH is 5. The van der Waals surface area contributed by atoms with Gasteiger partial charge in [0.15, 0.2) is 11.6 Å². The molecule has 1 heterocycles. The quantitative estimate of drug-likeness (QED) is 0.292. The van der Waals surface area contributed by atoms with Crippen molar-refractivity contribution < 1.29 is 49.4 Å². The van der Waals surface area contributed by atoms with Gasteiger partial charge in [0.05, 0.1) is 6.61 Å². The molecule has 212 valence electrons. The zero-order valence-corrected chi connectivity index (χ0v) is 22.0. The van der Waals surface area contributed by atoms with Gasteiger partial charge in [0, 0.05) is 16.4 Å². The van der Waals surface area contributed by atoms with Gasteiger partial charge < -0.3 is 35.4 Å². The molecule has 3 unspecified atom stereocenters. The highest BCUT2D eigenvalue weighted by Gasteiger charge is 2.73. The highest BCUT2D eigenvalue weighted by molar-refractivity contribution is 6.07. The fourth-order valence-electron chi connectivity index (χ4n) is 8.85. The summed E-state index contributed by atoms with van der Waals surface area (Å²) in [5, 5.41) is 62.0. The van der Waals surface area contributed by atoms with Gasteiger partial charge in [-0.3, -0.25) is 9.59 Å². The van der Waals surface area contributed by atoms with Gasteiger partial charge in [0.1, 0.15) is 48.4 Å². The SMILES string of the molecule is CC1C[C@H]2[C@@H]3CCC4=CC(=O)C(C5O[C@H](CO)[C@H](O)[C@H](O)[C@H]5O)=C[C@]4(C)C3(F)CC[C@]2(C)[C@@]1(O)C(=O)CO. The van der Waals surface area contributed by atoms with Crippen LogP contribution in [0.1, 0.15) is 52.9 Å². The van der Waals surface area contributed by atoms with E-state index in [0.717, 1.165) is 0 Å². The van der Waals surface area contributed by atoms with Crippen molar-refractivity contribution in [3.05, 3.63) is 23.3 Å². The molecule has 9 nitrogen and oxygen atoms in total. The molecule has 12 atom stereocenters. The fourth-order valence-corrected chi connectivity index (χ4v) is 8.85. The smallest absolute Gasteiger partial charge is 0.190 e. The minimum atomic E-state index is -1.84. The number of halogens is 1. The molecule has 4 fully saturated rings. The number of alkyl halides is 1. The maximum atomic E-state index is 17.6. The molecule has 0 bridgehead atoms. The molecule has 0 aromatic rings. The zero-order chi connectivity index (χ0) is 28.0. The molecule has 3 saturated carbocycles. The number of rotatable bonds is 4. The van der Waals surface area contributed by atoms with Gasteiger partial charge >= 0.3 is 0 Å². The highest BCUT2D eigenvalue weighted by atomic mass is 19.1. The number of allylic oxidation sites excluding steroid dienone is 3. The molecule has 0 aromatic heterocycles. The van der Waals surface area contributed by atoms with E-state index < -0.39 is 89.2 Å². The van der Waals surface area contributed by atoms with Crippen LogP contribution in [0.4, 0.5) is 4.39 Å². The van der Waals surface area contributed by atoms with E-state index in [-0.39, 0.29) is 24.3 Å². The first-order valence-electron chi connectivity index (χ1n) is 13.5. The van der Waals surface area contributed by atoms with Crippen molar-refractivity contribution in [3.63, 3.8) is 0 Å². The van der Waals surface area contributed by atoms with Crippen LogP contribution in [0.2, 0.25) is 0 Å². The van der Waals surface area contributed by atoms with Crippen LogP contribution in [-0.4, -0.2) is 97.2 Å². The summed E-state index contributed by atoms with van der Waals surface area (Å²) in [5.41, 5.74) is -5.20. The molecule has 0 radical (unpaired) electrons. The number of carbonyl (C=O) groups is 2. The minimum absolute atomic E-state index is 0.0128. The van der Waals surface area contributed by atoms with Crippen molar-refractivity contribution in [1.82, 2.24) is 0 Å². The Balaban J connectivity index is 1.55. The van der Waals surface area contributed by atoms with E-state index in [9.17, 15) is 40.2 Å². The van der Waals surface area contributed by atoms with Crippen LogP contribution in [0, 0.1) is 28.6 Å². The van der Waals surface area contributed by atoms with Crippen molar-refractivity contribution in [2.75, 3.05) is 13.2 Å². The first-order valence-corrected chi connectivity index (χ1v) is 13.5. The van der Waals surface area contributed by atoms with Crippen molar-refractivity contribution in [2.24, 2.45) is 28.6 Å². The third-order valence-electron chi connectivity index (χ3n) is 11.1. The topological polar surface area (TPSA) is 165 Å². The second-order valence-electron chi connectivity index (χ2n) is 12.6. The summed E-state index contributed by atoms with van der Waals surface area (Å²) in [4.78, 5) is 26.0. The predicted molar refractivity (Wildman–Crippen MR) is 131 cm³/mol. The maximum absolute atomic E-state index is 17.6. The molecule has 5 aliphatic rings. The van der Waals surface area contributed by atoms with Crippen LogP contribution in [0.3, 0.4) is 0 Å². The molecule has 38 heavy (non-hydrogen) atoms. The number of ketones is 2. The Kier molecular flexibility index (Phi) is 6.63. The van der Waals surface area contributed by atoms with Crippen molar-refractivity contribution in [1.29, 1.82) is 0 Å². The average molecular weight is 539 g/mol. The normalized spacial score (nSPS) is 52.4. The summed E-state index contributed by atoms with van der Waals surface area (Å²) in [6.07, 6.45) is -3.11. The van der Waals surface area contributed by atoms with Crippen molar-refractivity contribution in [3.8, 4) is 0 Å². The lowest BCUT2D eigenvalue weighted by molar-refractivity contribution is -0.220. The van der Waals surface area contributed by atoms with E-state index >= 15 is 4.39 Å². The number of hydrogen-bond donors (Lipinski definition) is 6. The standard InChI is InChI=1S/C28H39FO9/c1-13-8-17-16-5-4-14-9-18(32)15(24-23(36)22(35)21(34)19(11-30)38-24)10-26(14,3)27(16,29)7-6-25(17,2)28(13,37)20(33)12-31/h9-10,13,16-17,19,21-24,30-31,34-37H,4-8,11-12H2,1-3H3/t13?,16-,17-,19+,21-,22-,23+,24?,25-,26-,27?,28-/m0/s1. The summed E-state index contributed by atoms with van der Waals surface area (Å²) in [6, 6.07) is 0. The van der Waals surface area contributed by atoms with Gasteiger partial charge in [-0.05, 0) is 62.9 Å². The summed E-state index contributed by atoms with van der Waals surface area (Å²) < 4.78 is 23.3. The van der Waals surface area contributed by atoms with E-state index in [1.165, 1.54) is 12.2 Å².